The third-order valence-corrected chi connectivity index (χ3v) is 3.49. The van der Waals surface area contributed by atoms with Crippen LogP contribution in [-0.4, -0.2) is 51.9 Å². The van der Waals surface area contributed by atoms with Crippen LogP contribution in [0.15, 0.2) is 30.3 Å². The number of H-pyrrole nitrogens is 1. The fourth-order valence-corrected chi connectivity index (χ4v) is 2.42. The van der Waals surface area contributed by atoms with E-state index in [1.54, 1.807) is 6.07 Å². The first-order valence-corrected chi connectivity index (χ1v) is 6.44. The van der Waals surface area contributed by atoms with E-state index < -0.39 is 17.9 Å². The van der Waals surface area contributed by atoms with Gasteiger partial charge in [-0.05, 0) is 12.1 Å². The summed E-state index contributed by atoms with van der Waals surface area (Å²) in [6, 6.07) is 7.95. The Hall–Kier alpha value is -2.83. The molecular formula is C14H13N3O4. The molecule has 1 aliphatic heterocycles. The molecule has 2 heterocycles. The Bertz CT molecular complexity index is 704. The number of carbonyl (C=O) groups is 3. The SMILES string of the molecule is O=C1CN(C(=O)c2cc3ccccc3[nH]2)C(C(=O)O)CN1. The standard InChI is InChI=1S/C14H13N3O4/c18-12-7-17(11(6-15-12)14(20)21)13(19)10-5-8-3-1-2-4-9(8)16-10/h1-5,11,16H,6-7H2,(H,15,18)(H,20,21). The van der Waals surface area contributed by atoms with Gasteiger partial charge in [0.1, 0.15) is 18.3 Å². The second-order valence-electron chi connectivity index (χ2n) is 4.86. The molecule has 0 bridgehead atoms. The number of aromatic amines is 1. The number of nitrogens with one attached hydrogen (secondary N) is 2. The van der Waals surface area contributed by atoms with Crippen LogP contribution in [0.2, 0.25) is 0 Å². The summed E-state index contributed by atoms with van der Waals surface area (Å²) in [5.41, 5.74) is 1.06. The van der Waals surface area contributed by atoms with Crippen LogP contribution in [0.4, 0.5) is 0 Å². The molecule has 7 heteroatoms. The first-order valence-electron chi connectivity index (χ1n) is 6.44. The number of aromatic nitrogens is 1. The molecule has 1 aliphatic rings. The normalized spacial score (nSPS) is 18.6. The van der Waals surface area contributed by atoms with Crippen LogP contribution in [0, 0.1) is 0 Å². The molecule has 108 valence electrons. The monoisotopic (exact) mass is 287 g/mol. The van der Waals surface area contributed by atoms with Gasteiger partial charge in [-0.25, -0.2) is 4.79 Å². The Morgan fingerprint density at radius 1 is 1.29 bits per heavy atom. The van der Waals surface area contributed by atoms with Crippen molar-refractivity contribution in [3.05, 3.63) is 36.0 Å². The van der Waals surface area contributed by atoms with E-state index in [0.29, 0.717) is 0 Å². The molecule has 0 spiro atoms. The number of hydrogen-bond acceptors (Lipinski definition) is 3. The van der Waals surface area contributed by atoms with Gasteiger partial charge in [-0.15, -0.1) is 0 Å². The molecule has 0 aliphatic carbocycles. The van der Waals surface area contributed by atoms with Crippen molar-refractivity contribution in [2.45, 2.75) is 6.04 Å². The van der Waals surface area contributed by atoms with Gasteiger partial charge in [0.15, 0.2) is 0 Å². The van der Waals surface area contributed by atoms with Crippen molar-refractivity contribution < 1.29 is 19.5 Å². The van der Waals surface area contributed by atoms with Crippen LogP contribution in [0.3, 0.4) is 0 Å². The van der Waals surface area contributed by atoms with E-state index in [-0.39, 0.29) is 24.7 Å². The second kappa shape index (κ2) is 4.93. The van der Waals surface area contributed by atoms with E-state index in [0.717, 1.165) is 15.8 Å². The van der Waals surface area contributed by atoms with Gasteiger partial charge in [-0.2, -0.15) is 0 Å². The molecule has 2 amide bonds. The lowest BCUT2D eigenvalue weighted by Gasteiger charge is -2.32. The van der Waals surface area contributed by atoms with Crippen LogP contribution < -0.4 is 5.32 Å². The molecule has 1 aromatic carbocycles. The third kappa shape index (κ3) is 2.33. The molecule has 7 nitrogen and oxygen atoms in total. The second-order valence-corrected chi connectivity index (χ2v) is 4.86. The quantitative estimate of drug-likeness (QED) is 0.733. The average Bonchev–Trinajstić information content (AvgIpc) is 2.89. The average molecular weight is 287 g/mol. The minimum absolute atomic E-state index is 0.0832. The highest BCUT2D eigenvalue weighted by Crippen LogP contribution is 2.17. The van der Waals surface area contributed by atoms with Crippen molar-refractivity contribution in [2.24, 2.45) is 0 Å². The van der Waals surface area contributed by atoms with E-state index >= 15 is 0 Å². The zero-order chi connectivity index (χ0) is 15.0. The minimum atomic E-state index is -1.14. The van der Waals surface area contributed by atoms with Gasteiger partial charge in [-0.3, -0.25) is 9.59 Å². The zero-order valence-electron chi connectivity index (χ0n) is 11.0. The number of hydrogen-bond donors (Lipinski definition) is 3. The molecule has 2 aromatic rings. The lowest BCUT2D eigenvalue weighted by molar-refractivity contribution is -0.144. The molecule has 3 rings (SSSR count). The maximum atomic E-state index is 12.5. The summed E-state index contributed by atoms with van der Waals surface area (Å²) in [4.78, 5) is 39.2. The summed E-state index contributed by atoms with van der Waals surface area (Å²) < 4.78 is 0. The van der Waals surface area contributed by atoms with Crippen molar-refractivity contribution in [1.82, 2.24) is 15.2 Å². The van der Waals surface area contributed by atoms with Crippen LogP contribution in [0.25, 0.3) is 10.9 Å². The molecule has 1 unspecified atom stereocenters. The van der Waals surface area contributed by atoms with Crippen LogP contribution in [-0.2, 0) is 9.59 Å². The minimum Gasteiger partial charge on any atom is -0.480 e. The van der Waals surface area contributed by atoms with Crippen LogP contribution >= 0.6 is 0 Å². The third-order valence-electron chi connectivity index (χ3n) is 3.49. The van der Waals surface area contributed by atoms with Gasteiger partial charge >= 0.3 is 5.97 Å². The molecule has 3 N–H and O–H groups in total. The molecule has 0 radical (unpaired) electrons. The predicted molar refractivity (Wildman–Crippen MR) is 73.8 cm³/mol. The van der Waals surface area contributed by atoms with E-state index in [2.05, 4.69) is 10.3 Å². The van der Waals surface area contributed by atoms with Crippen molar-refractivity contribution >= 4 is 28.7 Å². The predicted octanol–water partition coefficient (Wildman–Crippen LogP) is 0.193. The fraction of sp³-hybridized carbons (Fsp3) is 0.214. The number of para-hydroxylation sites is 1. The van der Waals surface area contributed by atoms with Gasteiger partial charge in [0.05, 0.1) is 0 Å². The Kier molecular flexibility index (Phi) is 3.09. The summed E-state index contributed by atoms with van der Waals surface area (Å²) in [6.07, 6.45) is 0. The summed E-state index contributed by atoms with van der Waals surface area (Å²) in [7, 11) is 0. The van der Waals surface area contributed by atoms with Crippen LogP contribution in [0.5, 0.6) is 0 Å². The summed E-state index contributed by atoms with van der Waals surface area (Å²) in [5.74, 6) is -2.00. The molecule has 1 aromatic heterocycles. The molecule has 0 saturated carbocycles. The maximum absolute atomic E-state index is 12.5. The number of aliphatic carboxylic acids is 1. The Morgan fingerprint density at radius 3 is 2.76 bits per heavy atom. The zero-order valence-corrected chi connectivity index (χ0v) is 11.0. The summed E-state index contributed by atoms with van der Waals surface area (Å²) in [5, 5.41) is 12.5. The molecule has 1 saturated heterocycles. The summed E-state index contributed by atoms with van der Waals surface area (Å²) in [6.45, 7) is -0.342. The number of fused-ring (bicyclic) bond motifs is 1. The number of carboxylic acids is 1. The number of amides is 2. The number of carbonyl (C=O) groups excluding carboxylic acids is 2. The van der Waals surface area contributed by atoms with E-state index in [1.807, 2.05) is 24.3 Å². The van der Waals surface area contributed by atoms with Crippen molar-refractivity contribution in [3.8, 4) is 0 Å². The highest BCUT2D eigenvalue weighted by Gasteiger charge is 2.36. The maximum Gasteiger partial charge on any atom is 0.328 e. The molecule has 1 atom stereocenters. The van der Waals surface area contributed by atoms with E-state index in [9.17, 15) is 19.5 Å². The number of rotatable bonds is 2. The molecule has 21 heavy (non-hydrogen) atoms. The van der Waals surface area contributed by atoms with Gasteiger partial charge in [0.25, 0.3) is 5.91 Å². The topological polar surface area (TPSA) is 103 Å². The van der Waals surface area contributed by atoms with Gasteiger partial charge in [-0.1, -0.05) is 18.2 Å². The van der Waals surface area contributed by atoms with Gasteiger partial charge in [0, 0.05) is 17.4 Å². The summed E-state index contributed by atoms with van der Waals surface area (Å²) >= 11 is 0. The lowest BCUT2D eigenvalue weighted by atomic mass is 10.1. The van der Waals surface area contributed by atoms with Crippen molar-refractivity contribution in [2.75, 3.05) is 13.1 Å². The molecular weight excluding hydrogens is 274 g/mol. The fourth-order valence-electron chi connectivity index (χ4n) is 2.42. The van der Waals surface area contributed by atoms with Gasteiger partial charge < -0.3 is 20.3 Å². The van der Waals surface area contributed by atoms with Gasteiger partial charge in [0.2, 0.25) is 5.91 Å². The Balaban J connectivity index is 1.94. The number of nitrogens with zero attached hydrogens (tertiary/aromatic N) is 1. The highest BCUT2D eigenvalue weighted by atomic mass is 16.4. The van der Waals surface area contributed by atoms with Crippen molar-refractivity contribution in [3.63, 3.8) is 0 Å². The van der Waals surface area contributed by atoms with E-state index in [1.165, 1.54) is 0 Å². The number of piperazine rings is 1. The van der Waals surface area contributed by atoms with E-state index in [4.69, 9.17) is 0 Å². The number of carboxylic acid groups (broad SMARTS) is 1. The van der Waals surface area contributed by atoms with Crippen molar-refractivity contribution in [1.29, 1.82) is 0 Å². The Labute approximate surface area is 119 Å². The first-order chi connectivity index (χ1) is 10.1. The Morgan fingerprint density at radius 2 is 2.05 bits per heavy atom. The molecule has 1 fully saturated rings. The largest absolute Gasteiger partial charge is 0.480 e. The van der Waals surface area contributed by atoms with Crippen LogP contribution in [0.1, 0.15) is 10.5 Å². The lowest BCUT2D eigenvalue weighted by Crippen LogP contribution is -2.59. The smallest absolute Gasteiger partial charge is 0.328 e. The number of benzene rings is 1. The first kappa shape index (κ1) is 13.2. The highest BCUT2D eigenvalue weighted by molar-refractivity contribution is 6.01.